The monoisotopic (exact) mass is 325 g/mol. The summed E-state index contributed by atoms with van der Waals surface area (Å²) in [5, 5.41) is 13.6. The Balaban J connectivity index is 1.44. The Hall–Kier alpha value is -2.18. The Morgan fingerprint density at radius 1 is 1.25 bits per heavy atom. The third kappa shape index (κ3) is 3.20. The van der Waals surface area contributed by atoms with Crippen molar-refractivity contribution in [1.82, 2.24) is 24.6 Å². The number of aromatic nitrogens is 4. The van der Waals surface area contributed by atoms with Gasteiger partial charge in [-0.25, -0.2) is 4.98 Å². The maximum absolute atomic E-state index is 9.03. The predicted octanol–water partition coefficient (Wildman–Crippen LogP) is 2.13. The quantitative estimate of drug-likeness (QED) is 0.754. The minimum absolute atomic E-state index is 0.129. The first-order valence-electron chi connectivity index (χ1n) is 8.62. The summed E-state index contributed by atoms with van der Waals surface area (Å²) in [5.41, 5.74) is 3.27. The second-order valence-electron chi connectivity index (χ2n) is 6.50. The van der Waals surface area contributed by atoms with Gasteiger partial charge < -0.3 is 10.1 Å². The molecule has 24 heavy (non-hydrogen) atoms. The second-order valence-corrected chi connectivity index (χ2v) is 6.50. The first-order chi connectivity index (χ1) is 11.8. The van der Waals surface area contributed by atoms with E-state index in [-0.39, 0.29) is 6.61 Å². The van der Waals surface area contributed by atoms with Gasteiger partial charge >= 0.3 is 0 Å². The molecular formula is C18H23N5O. The van der Waals surface area contributed by atoms with Gasteiger partial charge in [-0.2, -0.15) is 5.10 Å². The van der Waals surface area contributed by atoms with Crippen molar-refractivity contribution in [2.75, 3.05) is 19.7 Å². The third-order valence-corrected chi connectivity index (χ3v) is 4.73. The van der Waals surface area contributed by atoms with Gasteiger partial charge in [-0.1, -0.05) is 12.1 Å². The zero-order valence-corrected chi connectivity index (χ0v) is 13.7. The van der Waals surface area contributed by atoms with Gasteiger partial charge in [0.1, 0.15) is 5.82 Å². The Kier molecular flexibility index (Phi) is 4.32. The molecule has 6 nitrogen and oxygen atoms in total. The molecule has 2 N–H and O–H groups in total. The standard InChI is InChI=1S/C18H23N5O/c24-11-10-23-9-7-15(21-23)14-4-3-8-22(12-14)13-18-19-16-5-1-2-6-17(16)20-18/h1-2,5-7,9,14,24H,3-4,8,10-13H2,(H,19,20)/t14-/m0/s1. The van der Waals surface area contributed by atoms with Crippen molar-refractivity contribution >= 4 is 11.0 Å². The molecule has 0 saturated carbocycles. The van der Waals surface area contributed by atoms with E-state index in [2.05, 4.69) is 32.1 Å². The van der Waals surface area contributed by atoms with Gasteiger partial charge in [-0.05, 0) is 37.6 Å². The average Bonchev–Trinajstić information content (AvgIpc) is 3.21. The zero-order chi connectivity index (χ0) is 16.4. The molecule has 3 heterocycles. The fourth-order valence-electron chi connectivity index (χ4n) is 3.55. The van der Waals surface area contributed by atoms with Gasteiger partial charge in [-0.15, -0.1) is 0 Å². The number of H-pyrrole nitrogens is 1. The smallest absolute Gasteiger partial charge is 0.121 e. The fourth-order valence-corrected chi connectivity index (χ4v) is 3.55. The molecule has 2 aromatic heterocycles. The number of hydrogen-bond donors (Lipinski definition) is 2. The van der Waals surface area contributed by atoms with Crippen molar-refractivity contribution in [1.29, 1.82) is 0 Å². The summed E-state index contributed by atoms with van der Waals surface area (Å²) >= 11 is 0. The van der Waals surface area contributed by atoms with E-state index in [0.29, 0.717) is 12.5 Å². The van der Waals surface area contributed by atoms with Gasteiger partial charge in [0.15, 0.2) is 0 Å². The molecule has 4 rings (SSSR count). The van der Waals surface area contributed by atoms with Crippen LogP contribution < -0.4 is 0 Å². The molecule has 1 aliphatic rings. The number of imidazole rings is 1. The number of nitrogens with zero attached hydrogens (tertiary/aromatic N) is 4. The first kappa shape index (κ1) is 15.4. The fraction of sp³-hybridized carbons (Fsp3) is 0.444. The molecule has 1 saturated heterocycles. The van der Waals surface area contributed by atoms with Crippen molar-refractivity contribution in [3.8, 4) is 0 Å². The van der Waals surface area contributed by atoms with Crippen molar-refractivity contribution in [3.05, 3.63) is 48.0 Å². The van der Waals surface area contributed by atoms with Gasteiger partial charge in [-0.3, -0.25) is 9.58 Å². The number of aliphatic hydroxyl groups excluding tert-OH is 1. The van der Waals surface area contributed by atoms with E-state index in [4.69, 9.17) is 5.11 Å². The van der Waals surface area contributed by atoms with Crippen LogP contribution in [0.4, 0.5) is 0 Å². The molecule has 0 radical (unpaired) electrons. The summed E-state index contributed by atoms with van der Waals surface area (Å²) in [6.07, 6.45) is 4.31. The number of para-hydroxylation sites is 2. The van der Waals surface area contributed by atoms with Crippen LogP contribution in [0.5, 0.6) is 0 Å². The largest absolute Gasteiger partial charge is 0.394 e. The van der Waals surface area contributed by atoms with Crippen LogP contribution in [0.2, 0.25) is 0 Å². The summed E-state index contributed by atoms with van der Waals surface area (Å²) in [5.74, 6) is 1.49. The minimum atomic E-state index is 0.129. The molecule has 1 aliphatic heterocycles. The van der Waals surface area contributed by atoms with E-state index >= 15 is 0 Å². The molecule has 1 aromatic carbocycles. The lowest BCUT2D eigenvalue weighted by Gasteiger charge is -2.31. The molecule has 0 unspecified atom stereocenters. The van der Waals surface area contributed by atoms with Crippen molar-refractivity contribution < 1.29 is 5.11 Å². The molecule has 126 valence electrons. The Morgan fingerprint density at radius 3 is 3.04 bits per heavy atom. The Morgan fingerprint density at radius 2 is 2.17 bits per heavy atom. The summed E-state index contributed by atoms with van der Waals surface area (Å²) in [4.78, 5) is 10.6. The van der Waals surface area contributed by atoms with E-state index in [1.54, 1.807) is 0 Å². The van der Waals surface area contributed by atoms with Gasteiger partial charge in [0.25, 0.3) is 0 Å². The minimum Gasteiger partial charge on any atom is -0.394 e. The molecular weight excluding hydrogens is 302 g/mol. The highest BCUT2D eigenvalue weighted by atomic mass is 16.3. The molecule has 1 atom stereocenters. The predicted molar refractivity (Wildman–Crippen MR) is 92.7 cm³/mol. The summed E-state index contributed by atoms with van der Waals surface area (Å²) < 4.78 is 1.83. The lowest BCUT2D eigenvalue weighted by atomic mass is 9.95. The van der Waals surface area contributed by atoms with Crippen LogP contribution in [0.25, 0.3) is 11.0 Å². The van der Waals surface area contributed by atoms with Crippen molar-refractivity contribution in [2.45, 2.75) is 31.8 Å². The zero-order valence-electron chi connectivity index (χ0n) is 13.7. The maximum atomic E-state index is 9.03. The Labute approximate surface area is 141 Å². The number of fused-ring (bicyclic) bond motifs is 1. The van der Waals surface area contributed by atoms with Crippen molar-refractivity contribution in [3.63, 3.8) is 0 Å². The van der Waals surface area contributed by atoms with Crippen LogP contribution in [0.3, 0.4) is 0 Å². The highest BCUT2D eigenvalue weighted by Crippen LogP contribution is 2.26. The molecule has 0 spiro atoms. The van der Waals surface area contributed by atoms with Crippen LogP contribution in [0.1, 0.15) is 30.3 Å². The number of hydrogen-bond acceptors (Lipinski definition) is 4. The molecule has 0 bridgehead atoms. The van der Waals surface area contributed by atoms with Crippen molar-refractivity contribution in [2.24, 2.45) is 0 Å². The maximum Gasteiger partial charge on any atom is 0.121 e. The van der Waals surface area contributed by atoms with E-state index < -0.39 is 0 Å². The number of aliphatic hydroxyl groups is 1. The molecule has 3 aromatic rings. The van der Waals surface area contributed by atoms with Crippen LogP contribution in [0.15, 0.2) is 36.5 Å². The number of piperidine rings is 1. The second kappa shape index (κ2) is 6.75. The van der Waals surface area contributed by atoms with Gasteiger partial charge in [0, 0.05) is 18.7 Å². The molecule has 0 aliphatic carbocycles. The topological polar surface area (TPSA) is 70.0 Å². The average molecular weight is 325 g/mol. The molecule has 0 amide bonds. The number of rotatable bonds is 5. The first-order valence-corrected chi connectivity index (χ1v) is 8.62. The SMILES string of the molecule is OCCn1ccc([C@H]2CCCN(Cc3nc4ccccc4[nH]3)C2)n1. The van der Waals surface area contributed by atoms with E-state index in [1.807, 2.05) is 29.1 Å². The summed E-state index contributed by atoms with van der Waals surface area (Å²) in [6, 6.07) is 10.3. The molecule has 1 fully saturated rings. The number of likely N-dealkylation sites (tertiary alicyclic amines) is 1. The lowest BCUT2D eigenvalue weighted by Crippen LogP contribution is -2.34. The highest BCUT2D eigenvalue weighted by molar-refractivity contribution is 5.74. The lowest BCUT2D eigenvalue weighted by molar-refractivity contribution is 0.194. The molecule has 6 heteroatoms. The number of aromatic amines is 1. The summed E-state index contributed by atoms with van der Waals surface area (Å²) in [6.45, 7) is 3.65. The van der Waals surface area contributed by atoms with Gasteiger partial charge in [0.05, 0.1) is 36.4 Å². The highest BCUT2D eigenvalue weighted by Gasteiger charge is 2.23. The number of benzene rings is 1. The van der Waals surface area contributed by atoms with E-state index in [0.717, 1.165) is 42.2 Å². The van der Waals surface area contributed by atoms with E-state index in [9.17, 15) is 0 Å². The normalized spacial score (nSPS) is 19.1. The van der Waals surface area contributed by atoms with Gasteiger partial charge in [0.2, 0.25) is 0 Å². The van der Waals surface area contributed by atoms with Crippen LogP contribution in [-0.4, -0.2) is 49.5 Å². The van der Waals surface area contributed by atoms with Crippen LogP contribution >= 0.6 is 0 Å². The summed E-state index contributed by atoms with van der Waals surface area (Å²) in [7, 11) is 0. The third-order valence-electron chi connectivity index (χ3n) is 4.73. The Bertz CT molecular complexity index is 775. The van der Waals surface area contributed by atoms with E-state index in [1.165, 1.54) is 12.8 Å². The number of nitrogens with one attached hydrogen (secondary N) is 1. The van der Waals surface area contributed by atoms with Crippen LogP contribution in [0, 0.1) is 0 Å². The van der Waals surface area contributed by atoms with Crippen LogP contribution in [-0.2, 0) is 13.1 Å².